The van der Waals surface area contributed by atoms with Crippen LogP contribution >= 0.6 is 12.2 Å². The molecule has 3 rings (SSSR count). The van der Waals surface area contributed by atoms with E-state index in [0.29, 0.717) is 5.69 Å². The Balaban J connectivity index is 2.17. The van der Waals surface area contributed by atoms with Gasteiger partial charge in [-0.15, -0.1) is 0 Å². The third-order valence-electron chi connectivity index (χ3n) is 3.10. The lowest BCUT2D eigenvalue weighted by Gasteiger charge is -2.10. The molecule has 1 saturated carbocycles. The van der Waals surface area contributed by atoms with E-state index in [1.165, 1.54) is 10.8 Å². The standard InChI is InChI=1S/C14H13N3O2S/c18-12-11(8-15-9-6-7-9)13(19)17(14(20)16-12)10-4-2-1-3-5-10/h1-5,8-9,19H,6-7H2,(H,16,18,20). The van der Waals surface area contributed by atoms with E-state index in [1.807, 2.05) is 18.2 Å². The van der Waals surface area contributed by atoms with E-state index in [9.17, 15) is 9.90 Å². The molecule has 1 aromatic heterocycles. The summed E-state index contributed by atoms with van der Waals surface area (Å²) in [6, 6.07) is 9.41. The van der Waals surface area contributed by atoms with Crippen LogP contribution in [0.1, 0.15) is 18.4 Å². The monoisotopic (exact) mass is 287 g/mol. The van der Waals surface area contributed by atoms with Gasteiger partial charge in [-0.3, -0.25) is 19.3 Å². The van der Waals surface area contributed by atoms with Crippen LogP contribution in [0.25, 0.3) is 5.69 Å². The number of aromatic nitrogens is 2. The van der Waals surface area contributed by atoms with Gasteiger partial charge >= 0.3 is 0 Å². The summed E-state index contributed by atoms with van der Waals surface area (Å²) in [5, 5.41) is 10.3. The SMILES string of the molecule is O=c1[nH]c(=S)n(-c2ccccc2)c(O)c1C=NC1CC1. The maximum Gasteiger partial charge on any atom is 0.264 e. The minimum absolute atomic E-state index is 0.134. The van der Waals surface area contributed by atoms with Gasteiger partial charge in [-0.2, -0.15) is 0 Å². The molecule has 0 saturated heterocycles. The zero-order valence-electron chi connectivity index (χ0n) is 10.6. The molecule has 0 unspecified atom stereocenters. The number of para-hydroxylation sites is 1. The molecule has 1 aliphatic carbocycles. The van der Waals surface area contributed by atoms with E-state index in [2.05, 4.69) is 9.98 Å². The molecule has 102 valence electrons. The Morgan fingerprint density at radius 2 is 2.05 bits per heavy atom. The second kappa shape index (κ2) is 5.05. The van der Waals surface area contributed by atoms with Gasteiger partial charge in [0.05, 0.1) is 11.7 Å². The van der Waals surface area contributed by atoms with Gasteiger partial charge in [0.25, 0.3) is 5.56 Å². The van der Waals surface area contributed by atoms with E-state index in [4.69, 9.17) is 12.2 Å². The summed E-state index contributed by atoms with van der Waals surface area (Å²) in [6.45, 7) is 0. The maximum atomic E-state index is 11.9. The molecule has 5 nitrogen and oxygen atoms in total. The zero-order chi connectivity index (χ0) is 14.1. The summed E-state index contributed by atoms with van der Waals surface area (Å²) in [5.41, 5.74) is 0.394. The van der Waals surface area contributed by atoms with Gasteiger partial charge < -0.3 is 5.11 Å². The number of aromatic hydroxyl groups is 1. The van der Waals surface area contributed by atoms with Crippen molar-refractivity contribution in [2.24, 2.45) is 4.99 Å². The van der Waals surface area contributed by atoms with E-state index in [-0.39, 0.29) is 22.3 Å². The van der Waals surface area contributed by atoms with Crippen LogP contribution < -0.4 is 5.56 Å². The largest absolute Gasteiger partial charge is 0.494 e. The Labute approximate surface area is 120 Å². The van der Waals surface area contributed by atoms with Gasteiger partial charge in [-0.25, -0.2) is 0 Å². The first-order valence-corrected chi connectivity index (χ1v) is 6.74. The van der Waals surface area contributed by atoms with Crippen LogP contribution in [-0.2, 0) is 0 Å². The van der Waals surface area contributed by atoms with E-state index < -0.39 is 5.56 Å². The smallest absolute Gasteiger partial charge is 0.264 e. The van der Waals surface area contributed by atoms with Gasteiger partial charge in [0, 0.05) is 6.21 Å². The summed E-state index contributed by atoms with van der Waals surface area (Å²) in [4.78, 5) is 18.7. The first kappa shape index (κ1) is 12.8. The first-order chi connectivity index (χ1) is 9.66. The molecule has 2 aromatic rings. The summed E-state index contributed by atoms with van der Waals surface area (Å²) in [7, 11) is 0. The number of aromatic amines is 1. The predicted molar refractivity (Wildman–Crippen MR) is 79.5 cm³/mol. The summed E-state index contributed by atoms with van der Waals surface area (Å²) >= 11 is 5.12. The van der Waals surface area contributed by atoms with Crippen LogP contribution in [0, 0.1) is 4.77 Å². The molecule has 0 amide bonds. The van der Waals surface area contributed by atoms with E-state index in [0.717, 1.165) is 12.8 Å². The second-order valence-corrected chi connectivity index (χ2v) is 5.06. The van der Waals surface area contributed by atoms with Crippen LogP contribution in [0.3, 0.4) is 0 Å². The van der Waals surface area contributed by atoms with E-state index in [1.54, 1.807) is 12.1 Å². The molecular formula is C14H13N3O2S. The zero-order valence-corrected chi connectivity index (χ0v) is 11.4. The minimum Gasteiger partial charge on any atom is -0.494 e. The predicted octanol–water partition coefficient (Wildman–Crippen LogP) is 2.18. The third kappa shape index (κ3) is 2.42. The molecule has 6 heteroatoms. The second-order valence-electron chi connectivity index (χ2n) is 4.68. The number of aliphatic imine (C=N–C) groups is 1. The lowest BCUT2D eigenvalue weighted by molar-refractivity contribution is 0.432. The number of hydrogen-bond acceptors (Lipinski definition) is 4. The fourth-order valence-corrected chi connectivity index (χ4v) is 2.16. The molecule has 0 bridgehead atoms. The lowest BCUT2D eigenvalue weighted by Crippen LogP contribution is -2.18. The van der Waals surface area contributed by atoms with Crippen molar-refractivity contribution in [2.75, 3.05) is 0 Å². The molecule has 1 heterocycles. The van der Waals surface area contributed by atoms with Crippen molar-refractivity contribution >= 4 is 18.4 Å². The molecule has 20 heavy (non-hydrogen) atoms. The summed E-state index contributed by atoms with van der Waals surface area (Å²) < 4.78 is 1.58. The molecule has 1 fully saturated rings. The molecule has 0 radical (unpaired) electrons. The highest BCUT2D eigenvalue weighted by molar-refractivity contribution is 7.71. The van der Waals surface area contributed by atoms with Crippen molar-refractivity contribution in [2.45, 2.75) is 18.9 Å². The molecule has 1 aliphatic rings. The van der Waals surface area contributed by atoms with Crippen LogP contribution in [0.4, 0.5) is 0 Å². The van der Waals surface area contributed by atoms with Crippen molar-refractivity contribution in [3.05, 3.63) is 51.0 Å². The van der Waals surface area contributed by atoms with Gasteiger partial charge in [0.2, 0.25) is 5.88 Å². The number of nitrogens with zero attached hydrogens (tertiary/aromatic N) is 2. The number of H-pyrrole nitrogens is 1. The molecule has 2 N–H and O–H groups in total. The molecular weight excluding hydrogens is 274 g/mol. The quantitative estimate of drug-likeness (QED) is 0.671. The van der Waals surface area contributed by atoms with E-state index >= 15 is 0 Å². The summed E-state index contributed by atoms with van der Waals surface area (Å²) in [5.74, 6) is -0.186. The average Bonchev–Trinajstić information content (AvgIpc) is 3.23. The Bertz CT molecular complexity index is 773. The number of hydrogen-bond donors (Lipinski definition) is 2. The maximum absolute atomic E-state index is 11.9. The lowest BCUT2D eigenvalue weighted by atomic mass is 10.3. The van der Waals surface area contributed by atoms with Crippen LogP contribution in [0.5, 0.6) is 5.88 Å². The Morgan fingerprint density at radius 3 is 2.70 bits per heavy atom. The Kier molecular flexibility index (Phi) is 3.23. The third-order valence-corrected chi connectivity index (χ3v) is 3.38. The topological polar surface area (TPSA) is 70.4 Å². The molecule has 0 atom stereocenters. The van der Waals surface area contributed by atoms with Gasteiger partial charge in [0.1, 0.15) is 5.56 Å². The highest BCUT2D eigenvalue weighted by Gasteiger charge is 2.20. The van der Waals surface area contributed by atoms with Crippen molar-refractivity contribution in [3.8, 4) is 11.6 Å². The Hall–Kier alpha value is -2.21. The van der Waals surface area contributed by atoms with Crippen LogP contribution in [-0.4, -0.2) is 26.9 Å². The molecule has 0 aliphatic heterocycles. The van der Waals surface area contributed by atoms with Gasteiger partial charge in [0.15, 0.2) is 4.77 Å². The molecule has 0 spiro atoms. The Morgan fingerprint density at radius 1 is 1.35 bits per heavy atom. The fraction of sp³-hybridized carbons (Fsp3) is 0.214. The average molecular weight is 287 g/mol. The van der Waals surface area contributed by atoms with Crippen molar-refractivity contribution < 1.29 is 5.11 Å². The highest BCUT2D eigenvalue weighted by Crippen LogP contribution is 2.24. The van der Waals surface area contributed by atoms with Crippen molar-refractivity contribution in [3.63, 3.8) is 0 Å². The fourth-order valence-electron chi connectivity index (χ4n) is 1.88. The van der Waals surface area contributed by atoms with Gasteiger partial charge in [-0.05, 0) is 37.2 Å². The molecule has 1 aromatic carbocycles. The normalized spacial score (nSPS) is 14.8. The van der Waals surface area contributed by atoms with Gasteiger partial charge in [-0.1, -0.05) is 18.2 Å². The van der Waals surface area contributed by atoms with Crippen molar-refractivity contribution in [1.29, 1.82) is 0 Å². The number of nitrogens with one attached hydrogen (secondary N) is 1. The number of benzene rings is 1. The van der Waals surface area contributed by atoms with Crippen LogP contribution in [0.2, 0.25) is 0 Å². The van der Waals surface area contributed by atoms with Crippen LogP contribution in [0.15, 0.2) is 40.1 Å². The summed E-state index contributed by atoms with van der Waals surface area (Å²) in [6.07, 6.45) is 3.50. The first-order valence-electron chi connectivity index (χ1n) is 6.33. The minimum atomic E-state index is -0.427. The van der Waals surface area contributed by atoms with Crippen molar-refractivity contribution in [1.82, 2.24) is 9.55 Å². The highest BCUT2D eigenvalue weighted by atomic mass is 32.1. The number of rotatable bonds is 3.